The van der Waals surface area contributed by atoms with Crippen molar-refractivity contribution in [2.45, 2.75) is 22.6 Å². The predicted octanol–water partition coefficient (Wildman–Crippen LogP) is 3.25. The normalized spacial score (nSPS) is 15.2. The first-order valence-corrected chi connectivity index (χ1v) is 13.5. The van der Waals surface area contributed by atoms with E-state index < -0.39 is 15.7 Å². The van der Waals surface area contributed by atoms with Crippen LogP contribution in [0.3, 0.4) is 0 Å². The number of amides is 1. The highest BCUT2D eigenvalue weighted by Gasteiger charge is 2.20. The molecule has 5 rings (SSSR count). The summed E-state index contributed by atoms with van der Waals surface area (Å²) in [7, 11) is -3.50. The smallest absolute Gasteiger partial charge is 0.250 e. The second kappa shape index (κ2) is 10.1. The zero-order chi connectivity index (χ0) is 25.1. The lowest BCUT2D eigenvalue weighted by Gasteiger charge is -2.21. The van der Waals surface area contributed by atoms with Crippen molar-refractivity contribution in [1.82, 2.24) is 14.9 Å². The Kier molecular flexibility index (Phi) is 6.75. The number of fused-ring (bicyclic) bond motifs is 1. The van der Waals surface area contributed by atoms with Gasteiger partial charge in [-0.15, -0.1) is 0 Å². The molecule has 36 heavy (non-hydrogen) atoms. The first-order chi connectivity index (χ1) is 17.4. The molecular weight excluding hydrogens is 474 g/mol. The number of carbonyl (C=O) groups is 1. The maximum atomic E-state index is 12.8. The van der Waals surface area contributed by atoms with Crippen LogP contribution in [0.1, 0.15) is 22.3 Å². The van der Waals surface area contributed by atoms with Crippen LogP contribution in [0, 0.1) is 0 Å². The van der Waals surface area contributed by atoms with Gasteiger partial charge in [-0.05, 0) is 61.3 Å². The first kappa shape index (κ1) is 24.0. The molecule has 0 bridgehead atoms. The molecule has 0 aliphatic carbocycles. The highest BCUT2D eigenvalue weighted by Crippen LogP contribution is 2.23. The van der Waals surface area contributed by atoms with E-state index in [0.717, 1.165) is 62.6 Å². The molecule has 1 aliphatic rings. The van der Waals surface area contributed by atoms with Crippen molar-refractivity contribution in [3.63, 3.8) is 0 Å². The van der Waals surface area contributed by atoms with Crippen molar-refractivity contribution in [3.8, 4) is 0 Å². The van der Waals surface area contributed by atoms with E-state index in [4.69, 9.17) is 5.73 Å². The van der Waals surface area contributed by atoms with Gasteiger partial charge in [0.25, 0.3) is 5.91 Å². The number of imidazole rings is 1. The highest BCUT2D eigenvalue weighted by molar-refractivity contribution is 7.91. The molecule has 1 amide bonds. The second-order valence-corrected chi connectivity index (χ2v) is 11.0. The summed E-state index contributed by atoms with van der Waals surface area (Å²) >= 11 is 0. The monoisotopic (exact) mass is 503 g/mol. The number of benzene rings is 3. The number of carbonyl (C=O) groups excluding carboxylic acids is 1. The Labute approximate surface area is 210 Å². The number of para-hydroxylation sites is 1. The number of nitrogens with one attached hydrogen (secondary N) is 1. The fourth-order valence-corrected chi connectivity index (χ4v) is 5.91. The zero-order valence-electron chi connectivity index (χ0n) is 19.9. The minimum absolute atomic E-state index is 0.308. The number of primary amides is 1. The number of nitrogens with two attached hydrogens (primary N) is 1. The molecular formula is C27H29N5O3S. The third-order valence-corrected chi connectivity index (χ3v) is 8.44. The van der Waals surface area contributed by atoms with Crippen molar-refractivity contribution in [1.29, 1.82) is 0 Å². The quantitative estimate of drug-likeness (QED) is 0.400. The number of anilines is 1. The average Bonchev–Trinajstić information content (AvgIpc) is 3.19. The van der Waals surface area contributed by atoms with E-state index in [0.29, 0.717) is 20.9 Å². The van der Waals surface area contributed by atoms with Crippen LogP contribution in [0.5, 0.6) is 0 Å². The van der Waals surface area contributed by atoms with Crippen molar-refractivity contribution in [2.75, 3.05) is 37.6 Å². The molecule has 4 aromatic rings. The Bertz CT molecular complexity index is 1470. The molecule has 1 aliphatic heterocycles. The second-order valence-electron chi connectivity index (χ2n) is 9.02. The van der Waals surface area contributed by atoms with Crippen molar-refractivity contribution < 1.29 is 13.2 Å². The molecule has 2 heterocycles. The molecule has 1 saturated heterocycles. The molecule has 9 heteroatoms. The fraction of sp³-hybridized carbons (Fsp3) is 0.259. The van der Waals surface area contributed by atoms with Gasteiger partial charge in [0.15, 0.2) is 0 Å². The summed E-state index contributed by atoms with van der Waals surface area (Å²) in [5, 5.41) is 0. The number of nitrogens with zero attached hydrogens (tertiary/aromatic N) is 3. The van der Waals surface area contributed by atoms with Crippen LogP contribution in [-0.4, -0.2) is 61.9 Å². The van der Waals surface area contributed by atoms with Crippen molar-refractivity contribution in [2.24, 2.45) is 5.73 Å². The van der Waals surface area contributed by atoms with Crippen LogP contribution in [0.2, 0.25) is 0 Å². The number of aromatic amines is 1. The average molecular weight is 504 g/mol. The number of H-pyrrole nitrogens is 1. The number of hydrogen-bond donors (Lipinski definition) is 2. The fourth-order valence-electron chi connectivity index (χ4n) is 4.63. The third-order valence-electron chi connectivity index (χ3n) is 6.66. The molecule has 0 atom stereocenters. The lowest BCUT2D eigenvalue weighted by molar-refractivity contribution is 0.100. The number of rotatable bonds is 7. The lowest BCUT2D eigenvalue weighted by Crippen LogP contribution is -2.32. The van der Waals surface area contributed by atoms with Crippen LogP contribution in [0.25, 0.3) is 11.0 Å². The maximum Gasteiger partial charge on any atom is 0.250 e. The molecule has 186 valence electrons. The van der Waals surface area contributed by atoms with Gasteiger partial charge >= 0.3 is 0 Å². The minimum Gasteiger partial charge on any atom is -0.366 e. The van der Waals surface area contributed by atoms with E-state index in [1.54, 1.807) is 54.6 Å². The van der Waals surface area contributed by atoms with Crippen LogP contribution < -0.4 is 10.6 Å². The van der Waals surface area contributed by atoms with Crippen LogP contribution in [-0.2, 0) is 16.3 Å². The molecule has 3 N–H and O–H groups in total. The molecule has 1 fully saturated rings. The Morgan fingerprint density at radius 2 is 1.64 bits per heavy atom. The first-order valence-electron chi connectivity index (χ1n) is 12.1. The van der Waals surface area contributed by atoms with Gasteiger partial charge in [-0.25, -0.2) is 13.4 Å². The van der Waals surface area contributed by atoms with Crippen molar-refractivity contribution >= 4 is 32.7 Å². The minimum atomic E-state index is -3.50. The Morgan fingerprint density at radius 1 is 0.889 bits per heavy atom. The summed E-state index contributed by atoms with van der Waals surface area (Å²) in [5.41, 5.74) is 8.46. The van der Waals surface area contributed by atoms with Gasteiger partial charge in [-0.1, -0.05) is 36.4 Å². The van der Waals surface area contributed by atoms with Gasteiger partial charge in [-0.2, -0.15) is 0 Å². The molecule has 1 aromatic heterocycles. The van der Waals surface area contributed by atoms with Crippen molar-refractivity contribution in [3.05, 3.63) is 83.9 Å². The largest absolute Gasteiger partial charge is 0.366 e. The van der Waals surface area contributed by atoms with E-state index >= 15 is 0 Å². The Balaban J connectivity index is 1.20. The van der Waals surface area contributed by atoms with Crippen LogP contribution in [0.4, 0.5) is 5.95 Å². The van der Waals surface area contributed by atoms with Gasteiger partial charge in [-0.3, -0.25) is 4.79 Å². The summed E-state index contributed by atoms with van der Waals surface area (Å²) < 4.78 is 25.6. The zero-order valence-corrected chi connectivity index (χ0v) is 20.7. The van der Waals surface area contributed by atoms with Crippen LogP contribution in [0.15, 0.2) is 82.6 Å². The van der Waals surface area contributed by atoms with Gasteiger partial charge in [0.2, 0.25) is 15.8 Å². The van der Waals surface area contributed by atoms with E-state index in [1.165, 1.54) is 0 Å². The topological polar surface area (TPSA) is 112 Å². The van der Waals surface area contributed by atoms with E-state index in [2.05, 4.69) is 19.8 Å². The highest BCUT2D eigenvalue weighted by atomic mass is 32.2. The van der Waals surface area contributed by atoms with E-state index in [9.17, 15) is 13.2 Å². The Hall–Kier alpha value is -3.69. The summed E-state index contributed by atoms with van der Waals surface area (Å²) in [4.78, 5) is 25.0. The van der Waals surface area contributed by atoms with Gasteiger partial charge in [0.05, 0.1) is 20.9 Å². The Morgan fingerprint density at radius 3 is 2.39 bits per heavy atom. The summed E-state index contributed by atoms with van der Waals surface area (Å²) in [6, 6.07) is 21.1. The molecule has 0 radical (unpaired) electrons. The molecule has 0 unspecified atom stereocenters. The summed E-state index contributed by atoms with van der Waals surface area (Å²) in [6.45, 7) is 4.45. The van der Waals surface area contributed by atoms with Gasteiger partial charge < -0.3 is 20.5 Å². The van der Waals surface area contributed by atoms with E-state index in [1.807, 2.05) is 18.2 Å². The summed E-state index contributed by atoms with van der Waals surface area (Å²) in [5.74, 6) is 0.280. The maximum absolute atomic E-state index is 12.8. The molecule has 0 spiro atoms. The van der Waals surface area contributed by atoms with E-state index in [-0.39, 0.29) is 0 Å². The molecule has 8 nitrogen and oxygen atoms in total. The summed E-state index contributed by atoms with van der Waals surface area (Å²) in [6.07, 6.45) is 1.84. The number of aromatic nitrogens is 2. The number of sulfone groups is 1. The lowest BCUT2D eigenvalue weighted by atomic mass is 10.1. The third kappa shape index (κ3) is 4.98. The molecule has 3 aromatic carbocycles. The SMILES string of the molecule is NC(=O)c1cccc2[nH]c(N3CCCN(CCc4ccc(S(=O)(=O)c5ccccc5)cc4)CC3)nc12. The van der Waals surface area contributed by atoms with Crippen LogP contribution >= 0.6 is 0 Å². The number of hydrogen-bond acceptors (Lipinski definition) is 6. The van der Waals surface area contributed by atoms with Gasteiger partial charge in [0.1, 0.15) is 5.52 Å². The molecule has 0 saturated carbocycles. The standard InChI is InChI=1S/C27H29N5O3S/c28-26(33)23-8-4-9-24-25(23)30-27(29-24)32-16-5-15-31(18-19-32)17-14-20-10-12-22(13-11-20)36(34,35)21-6-2-1-3-7-21/h1-4,6-13H,5,14-19H2,(H2,28,33)(H,29,30). The van der Waals surface area contributed by atoms with Gasteiger partial charge in [0, 0.05) is 26.2 Å². The predicted molar refractivity (Wildman–Crippen MR) is 140 cm³/mol.